The number of amides is 2. The molecule has 0 bridgehead atoms. The van der Waals surface area contributed by atoms with Gasteiger partial charge in [-0.3, -0.25) is 5.32 Å². The number of esters is 1. The van der Waals surface area contributed by atoms with E-state index >= 15 is 0 Å². The first-order valence-corrected chi connectivity index (χ1v) is 7.03. The summed E-state index contributed by atoms with van der Waals surface area (Å²) in [5.74, 6) is 0.576. The summed E-state index contributed by atoms with van der Waals surface area (Å²) in [7, 11) is 1.31. The highest BCUT2D eigenvalue weighted by molar-refractivity contribution is 5.99. The third-order valence-corrected chi connectivity index (χ3v) is 3.05. The maximum atomic E-state index is 11.9. The summed E-state index contributed by atoms with van der Waals surface area (Å²) in [4.78, 5) is 23.3. The summed E-state index contributed by atoms with van der Waals surface area (Å²) in [6, 6.07) is 7.57. The zero-order valence-corrected chi connectivity index (χ0v) is 13.5. The van der Waals surface area contributed by atoms with Crippen molar-refractivity contribution >= 4 is 23.5 Å². The second-order valence-electron chi connectivity index (χ2n) is 5.97. The molecule has 0 fully saturated rings. The monoisotopic (exact) mass is 317 g/mol. The lowest BCUT2D eigenvalue weighted by molar-refractivity contribution is 0.0600. The van der Waals surface area contributed by atoms with Gasteiger partial charge in [-0.1, -0.05) is 25.9 Å². The number of carbonyl (C=O) groups excluding carboxylic acids is 2. The number of aromatic nitrogens is 1. The molecular formula is C16H19N3O4. The number of methoxy groups -OCH3 is 1. The van der Waals surface area contributed by atoms with E-state index in [0.717, 1.165) is 0 Å². The van der Waals surface area contributed by atoms with Gasteiger partial charge in [-0.2, -0.15) is 0 Å². The van der Waals surface area contributed by atoms with E-state index < -0.39 is 12.0 Å². The van der Waals surface area contributed by atoms with Crippen LogP contribution in [-0.4, -0.2) is 24.3 Å². The van der Waals surface area contributed by atoms with Crippen LogP contribution in [0, 0.1) is 0 Å². The van der Waals surface area contributed by atoms with Crippen molar-refractivity contribution in [3.05, 3.63) is 41.7 Å². The Hall–Kier alpha value is -2.83. The van der Waals surface area contributed by atoms with Gasteiger partial charge < -0.3 is 14.6 Å². The van der Waals surface area contributed by atoms with Crippen LogP contribution in [0.2, 0.25) is 0 Å². The van der Waals surface area contributed by atoms with E-state index in [4.69, 9.17) is 4.52 Å². The fraction of sp³-hybridized carbons (Fsp3) is 0.312. The topological polar surface area (TPSA) is 93.5 Å². The van der Waals surface area contributed by atoms with Crippen molar-refractivity contribution in [2.24, 2.45) is 0 Å². The summed E-state index contributed by atoms with van der Waals surface area (Å²) < 4.78 is 9.80. The summed E-state index contributed by atoms with van der Waals surface area (Å²) in [5.41, 5.74) is 0.757. The Labute approximate surface area is 134 Å². The first-order chi connectivity index (χ1) is 10.8. The van der Waals surface area contributed by atoms with Crippen molar-refractivity contribution in [2.45, 2.75) is 26.2 Å². The third-order valence-electron chi connectivity index (χ3n) is 3.05. The molecule has 1 aromatic heterocycles. The van der Waals surface area contributed by atoms with Gasteiger partial charge in [-0.25, -0.2) is 9.59 Å². The molecule has 23 heavy (non-hydrogen) atoms. The normalized spacial score (nSPS) is 11.0. The van der Waals surface area contributed by atoms with Gasteiger partial charge in [-0.15, -0.1) is 0 Å². The number of rotatable bonds is 3. The molecule has 1 heterocycles. The molecular weight excluding hydrogens is 298 g/mol. The molecule has 0 aliphatic rings. The van der Waals surface area contributed by atoms with E-state index in [1.54, 1.807) is 30.3 Å². The standard InChI is InChI=1S/C16H19N3O4/c1-16(2,3)12-9-13(19-23-12)18-15(21)17-11-7-5-10(6-8-11)14(20)22-4/h5-9H,1-4H3,(H2,17,18,19,21). The third kappa shape index (κ3) is 4.32. The van der Waals surface area contributed by atoms with Gasteiger partial charge in [0.15, 0.2) is 5.82 Å². The maximum Gasteiger partial charge on any atom is 0.337 e. The van der Waals surface area contributed by atoms with Crippen LogP contribution in [0.15, 0.2) is 34.9 Å². The average Bonchev–Trinajstić information content (AvgIpc) is 2.95. The van der Waals surface area contributed by atoms with Gasteiger partial charge in [0.2, 0.25) is 0 Å². The van der Waals surface area contributed by atoms with Crippen LogP contribution < -0.4 is 10.6 Å². The number of benzene rings is 1. The van der Waals surface area contributed by atoms with Crippen molar-refractivity contribution in [2.75, 3.05) is 17.7 Å². The molecule has 0 spiro atoms. The second kappa shape index (κ2) is 6.51. The first-order valence-electron chi connectivity index (χ1n) is 7.03. The molecule has 2 aromatic rings. The lowest BCUT2D eigenvalue weighted by Gasteiger charge is -2.12. The van der Waals surface area contributed by atoms with E-state index in [9.17, 15) is 9.59 Å². The molecule has 7 nitrogen and oxygen atoms in total. The fourth-order valence-electron chi connectivity index (χ4n) is 1.77. The minimum atomic E-state index is -0.454. The van der Waals surface area contributed by atoms with E-state index in [1.165, 1.54) is 7.11 Å². The fourth-order valence-corrected chi connectivity index (χ4v) is 1.77. The number of hydrogen-bond donors (Lipinski definition) is 2. The largest absolute Gasteiger partial charge is 0.465 e. The molecule has 0 atom stereocenters. The lowest BCUT2D eigenvalue weighted by Crippen LogP contribution is -2.19. The molecule has 0 aliphatic carbocycles. The average molecular weight is 317 g/mol. The van der Waals surface area contributed by atoms with Crippen molar-refractivity contribution in [1.82, 2.24) is 5.16 Å². The highest BCUT2D eigenvalue weighted by Crippen LogP contribution is 2.24. The van der Waals surface area contributed by atoms with E-state index in [1.807, 2.05) is 20.8 Å². The van der Waals surface area contributed by atoms with Gasteiger partial charge in [-0.05, 0) is 24.3 Å². The molecule has 0 saturated carbocycles. The SMILES string of the molecule is COC(=O)c1ccc(NC(=O)Nc2cc(C(C)(C)C)on2)cc1. The van der Waals surface area contributed by atoms with Crippen molar-refractivity contribution < 1.29 is 18.8 Å². The van der Waals surface area contributed by atoms with Crippen LogP contribution in [0.5, 0.6) is 0 Å². The Kier molecular flexibility index (Phi) is 4.68. The van der Waals surface area contributed by atoms with Gasteiger partial charge in [0.25, 0.3) is 0 Å². The van der Waals surface area contributed by atoms with Crippen molar-refractivity contribution in [3.63, 3.8) is 0 Å². The predicted octanol–water partition coefficient (Wildman–Crippen LogP) is 3.40. The van der Waals surface area contributed by atoms with Crippen LogP contribution >= 0.6 is 0 Å². The Morgan fingerprint density at radius 3 is 2.30 bits per heavy atom. The number of ether oxygens (including phenoxy) is 1. The van der Waals surface area contributed by atoms with Gasteiger partial charge >= 0.3 is 12.0 Å². The summed E-state index contributed by atoms with van der Waals surface area (Å²) in [6.45, 7) is 5.96. The first kappa shape index (κ1) is 16.5. The van der Waals surface area contributed by atoms with Crippen LogP contribution in [0.25, 0.3) is 0 Å². The Morgan fingerprint density at radius 2 is 1.78 bits per heavy atom. The zero-order chi connectivity index (χ0) is 17.0. The van der Waals surface area contributed by atoms with Gasteiger partial charge in [0.1, 0.15) is 5.76 Å². The Balaban J connectivity index is 1.97. The maximum absolute atomic E-state index is 11.9. The van der Waals surface area contributed by atoms with Crippen LogP contribution in [0.1, 0.15) is 36.9 Å². The lowest BCUT2D eigenvalue weighted by atomic mass is 9.93. The van der Waals surface area contributed by atoms with E-state index in [2.05, 4.69) is 20.5 Å². The van der Waals surface area contributed by atoms with Gasteiger partial charge in [0, 0.05) is 17.2 Å². The smallest absolute Gasteiger partial charge is 0.337 e. The van der Waals surface area contributed by atoms with Crippen LogP contribution in [0.4, 0.5) is 16.3 Å². The molecule has 7 heteroatoms. The quantitative estimate of drug-likeness (QED) is 0.846. The summed E-state index contributed by atoms with van der Waals surface area (Å²) in [5, 5.41) is 9.03. The molecule has 2 rings (SSSR count). The Morgan fingerprint density at radius 1 is 1.13 bits per heavy atom. The number of carbonyl (C=O) groups is 2. The molecule has 2 amide bonds. The van der Waals surface area contributed by atoms with Crippen LogP contribution in [0.3, 0.4) is 0 Å². The summed E-state index contributed by atoms with van der Waals surface area (Å²) in [6.07, 6.45) is 0. The van der Waals surface area contributed by atoms with Crippen molar-refractivity contribution in [3.8, 4) is 0 Å². The molecule has 0 radical (unpaired) electrons. The molecule has 0 unspecified atom stereocenters. The Bertz CT molecular complexity index is 699. The minimum Gasteiger partial charge on any atom is -0.465 e. The van der Waals surface area contributed by atoms with E-state index in [0.29, 0.717) is 22.8 Å². The highest BCUT2D eigenvalue weighted by Gasteiger charge is 2.20. The molecule has 0 saturated heterocycles. The number of nitrogens with one attached hydrogen (secondary N) is 2. The molecule has 0 aliphatic heterocycles. The van der Waals surface area contributed by atoms with Gasteiger partial charge in [0.05, 0.1) is 12.7 Å². The van der Waals surface area contributed by atoms with E-state index in [-0.39, 0.29) is 5.41 Å². The van der Waals surface area contributed by atoms with Crippen molar-refractivity contribution in [1.29, 1.82) is 0 Å². The number of hydrogen-bond acceptors (Lipinski definition) is 5. The zero-order valence-electron chi connectivity index (χ0n) is 13.5. The number of urea groups is 1. The molecule has 122 valence electrons. The minimum absolute atomic E-state index is 0.187. The second-order valence-corrected chi connectivity index (χ2v) is 5.97. The molecule has 1 aromatic carbocycles. The number of nitrogens with zero attached hydrogens (tertiary/aromatic N) is 1. The highest BCUT2D eigenvalue weighted by atomic mass is 16.5. The predicted molar refractivity (Wildman–Crippen MR) is 85.6 cm³/mol. The molecule has 2 N–H and O–H groups in total. The number of anilines is 2. The summed E-state index contributed by atoms with van der Waals surface area (Å²) >= 11 is 0. The van der Waals surface area contributed by atoms with Crippen LogP contribution in [-0.2, 0) is 10.2 Å².